The number of carbonyl (C=O) groups is 1. The largest absolute Gasteiger partial charge is 0.381 e. The van der Waals surface area contributed by atoms with Crippen LogP contribution in [0.25, 0.3) is 0 Å². The minimum atomic E-state index is 0.308. The number of ether oxygens (including phenoxy) is 1. The Balaban J connectivity index is 1.39. The van der Waals surface area contributed by atoms with Crippen LogP contribution < -0.4 is 0 Å². The fraction of sp³-hybridized carbons (Fsp3) is 0.667. The molecule has 4 atom stereocenters. The molecule has 1 saturated carbocycles. The first kappa shape index (κ1) is 17.0. The molecule has 1 aromatic rings. The number of amides is 1. The average Bonchev–Trinajstić information content (AvgIpc) is 3.08. The van der Waals surface area contributed by atoms with Gasteiger partial charge in [-0.3, -0.25) is 9.69 Å². The third-order valence-corrected chi connectivity index (χ3v) is 6.49. The number of rotatable bonds is 6. The lowest BCUT2D eigenvalue weighted by Gasteiger charge is -2.52. The number of piperidine rings is 2. The van der Waals surface area contributed by atoms with Gasteiger partial charge in [0.25, 0.3) is 0 Å². The second-order valence-electron chi connectivity index (χ2n) is 7.91. The monoisotopic (exact) mass is 342 g/mol. The Bertz CT molecular complexity index is 591. The number of likely N-dealkylation sites (tertiary alicyclic amines) is 1. The van der Waals surface area contributed by atoms with Crippen molar-refractivity contribution in [1.29, 1.82) is 0 Å². The van der Waals surface area contributed by atoms with Gasteiger partial charge < -0.3 is 9.64 Å². The van der Waals surface area contributed by atoms with Crippen LogP contribution in [0, 0.1) is 17.8 Å². The van der Waals surface area contributed by atoms with Gasteiger partial charge in [-0.1, -0.05) is 30.3 Å². The lowest BCUT2D eigenvalue weighted by atomic mass is 9.66. The summed E-state index contributed by atoms with van der Waals surface area (Å²) in [7, 11) is 0. The van der Waals surface area contributed by atoms with Crippen molar-refractivity contribution >= 4 is 5.91 Å². The molecule has 4 fully saturated rings. The number of benzene rings is 1. The van der Waals surface area contributed by atoms with Gasteiger partial charge in [0.05, 0.1) is 13.0 Å². The lowest BCUT2D eigenvalue weighted by Crippen LogP contribution is -2.59. The predicted molar refractivity (Wildman–Crippen MR) is 98.0 cm³/mol. The van der Waals surface area contributed by atoms with Gasteiger partial charge in [0, 0.05) is 38.8 Å². The van der Waals surface area contributed by atoms with Crippen LogP contribution in [0.15, 0.2) is 30.3 Å². The summed E-state index contributed by atoms with van der Waals surface area (Å²) in [5, 5.41) is 0. The highest BCUT2D eigenvalue weighted by Gasteiger charge is 2.52. The first-order valence-electron chi connectivity index (χ1n) is 9.89. The molecule has 5 rings (SSSR count). The van der Waals surface area contributed by atoms with Gasteiger partial charge >= 0.3 is 0 Å². The third-order valence-electron chi connectivity index (χ3n) is 6.49. The van der Waals surface area contributed by atoms with Crippen molar-refractivity contribution in [2.24, 2.45) is 17.8 Å². The molecule has 4 aliphatic rings. The van der Waals surface area contributed by atoms with Crippen LogP contribution in [0.3, 0.4) is 0 Å². The molecule has 4 unspecified atom stereocenters. The molecule has 25 heavy (non-hydrogen) atoms. The Hall–Kier alpha value is -1.39. The van der Waals surface area contributed by atoms with Crippen molar-refractivity contribution in [3.63, 3.8) is 0 Å². The number of fused-ring (bicyclic) bond motifs is 2. The molecule has 2 bridgehead atoms. The van der Waals surface area contributed by atoms with E-state index in [4.69, 9.17) is 4.74 Å². The van der Waals surface area contributed by atoms with E-state index in [1.54, 1.807) is 0 Å². The van der Waals surface area contributed by atoms with Gasteiger partial charge in [-0.15, -0.1) is 0 Å². The standard InChI is InChI=1S/C21H30N2O2/c1-2-25-11-10-21(24)23-13-17-8-9-20(23)19-15-22(14-18(17)19)12-16-6-4-3-5-7-16/h3-7,17-20H,2,8-15H2,1H3. The molecular formula is C21H30N2O2. The topological polar surface area (TPSA) is 32.8 Å². The fourth-order valence-electron chi connectivity index (χ4n) is 5.37. The number of carbonyl (C=O) groups excluding carboxylic acids is 1. The van der Waals surface area contributed by atoms with Crippen molar-refractivity contribution in [2.45, 2.75) is 38.8 Å². The molecule has 3 aliphatic heterocycles. The van der Waals surface area contributed by atoms with Crippen molar-refractivity contribution in [2.75, 3.05) is 32.8 Å². The van der Waals surface area contributed by atoms with Crippen molar-refractivity contribution in [3.8, 4) is 0 Å². The minimum absolute atomic E-state index is 0.308. The van der Waals surface area contributed by atoms with E-state index in [1.807, 2.05) is 6.92 Å². The summed E-state index contributed by atoms with van der Waals surface area (Å²) >= 11 is 0. The molecule has 3 saturated heterocycles. The zero-order chi connectivity index (χ0) is 17.2. The molecule has 0 N–H and O–H groups in total. The van der Waals surface area contributed by atoms with Crippen molar-refractivity contribution < 1.29 is 9.53 Å². The summed E-state index contributed by atoms with van der Waals surface area (Å²) < 4.78 is 5.39. The predicted octanol–water partition coefficient (Wildman–Crippen LogP) is 2.78. The first-order valence-corrected chi connectivity index (χ1v) is 9.89. The van der Waals surface area contributed by atoms with E-state index in [9.17, 15) is 4.79 Å². The second kappa shape index (κ2) is 7.46. The van der Waals surface area contributed by atoms with Crippen LogP contribution in [-0.4, -0.2) is 54.6 Å². The van der Waals surface area contributed by atoms with E-state index in [0.29, 0.717) is 43.4 Å². The Morgan fingerprint density at radius 3 is 2.72 bits per heavy atom. The van der Waals surface area contributed by atoms with E-state index < -0.39 is 0 Å². The SMILES string of the molecule is CCOCCC(=O)N1CC2CCC1C1CN(Cc3ccccc3)CC21. The lowest BCUT2D eigenvalue weighted by molar-refractivity contribution is -0.144. The Kier molecular flexibility index (Phi) is 5.09. The molecule has 3 heterocycles. The molecule has 0 radical (unpaired) electrons. The van der Waals surface area contributed by atoms with Gasteiger partial charge in [0.1, 0.15) is 0 Å². The summed E-state index contributed by atoms with van der Waals surface area (Å²) in [6.45, 7) is 7.63. The second-order valence-corrected chi connectivity index (χ2v) is 7.91. The molecule has 4 heteroatoms. The normalized spacial score (nSPS) is 31.3. The summed E-state index contributed by atoms with van der Waals surface area (Å²) in [6.07, 6.45) is 3.05. The summed E-state index contributed by atoms with van der Waals surface area (Å²) in [5.41, 5.74) is 1.40. The van der Waals surface area contributed by atoms with Crippen LogP contribution in [-0.2, 0) is 16.1 Å². The number of hydrogen-bond acceptors (Lipinski definition) is 3. The maximum absolute atomic E-state index is 12.7. The van der Waals surface area contributed by atoms with Gasteiger partial charge in [-0.2, -0.15) is 0 Å². The molecule has 1 amide bonds. The molecule has 136 valence electrons. The van der Waals surface area contributed by atoms with Crippen LogP contribution in [0.4, 0.5) is 0 Å². The van der Waals surface area contributed by atoms with Gasteiger partial charge in [0.2, 0.25) is 5.91 Å². The molecule has 1 aromatic carbocycles. The average molecular weight is 342 g/mol. The Labute approximate surface area is 151 Å². The highest BCUT2D eigenvalue weighted by molar-refractivity contribution is 5.77. The minimum Gasteiger partial charge on any atom is -0.381 e. The van der Waals surface area contributed by atoms with Crippen molar-refractivity contribution in [1.82, 2.24) is 9.80 Å². The van der Waals surface area contributed by atoms with Crippen LogP contribution in [0.1, 0.15) is 31.7 Å². The van der Waals surface area contributed by atoms with Crippen LogP contribution in [0.5, 0.6) is 0 Å². The third kappa shape index (κ3) is 3.47. The number of nitrogens with zero attached hydrogens (tertiary/aromatic N) is 2. The van der Waals surface area contributed by atoms with Gasteiger partial charge in [-0.05, 0) is 43.1 Å². The summed E-state index contributed by atoms with van der Waals surface area (Å²) in [4.78, 5) is 17.5. The first-order chi connectivity index (χ1) is 12.3. The Morgan fingerprint density at radius 1 is 1.12 bits per heavy atom. The quantitative estimate of drug-likeness (QED) is 0.745. The summed E-state index contributed by atoms with van der Waals surface area (Å²) in [5.74, 6) is 2.47. The number of hydrogen-bond donors (Lipinski definition) is 0. The van der Waals surface area contributed by atoms with Crippen LogP contribution in [0.2, 0.25) is 0 Å². The molecule has 1 aliphatic carbocycles. The maximum Gasteiger partial charge on any atom is 0.225 e. The van der Waals surface area contributed by atoms with E-state index in [2.05, 4.69) is 40.1 Å². The molecule has 4 nitrogen and oxygen atoms in total. The Morgan fingerprint density at radius 2 is 1.92 bits per heavy atom. The highest BCUT2D eigenvalue weighted by atomic mass is 16.5. The molecular weight excluding hydrogens is 312 g/mol. The van der Waals surface area contributed by atoms with E-state index in [0.717, 1.165) is 25.6 Å². The van der Waals surface area contributed by atoms with E-state index in [-0.39, 0.29) is 0 Å². The summed E-state index contributed by atoms with van der Waals surface area (Å²) in [6, 6.07) is 11.2. The maximum atomic E-state index is 12.7. The molecule has 0 spiro atoms. The van der Waals surface area contributed by atoms with Gasteiger partial charge in [-0.25, -0.2) is 0 Å². The van der Waals surface area contributed by atoms with E-state index >= 15 is 0 Å². The molecule has 0 aromatic heterocycles. The van der Waals surface area contributed by atoms with E-state index in [1.165, 1.54) is 24.9 Å². The fourth-order valence-corrected chi connectivity index (χ4v) is 5.37. The van der Waals surface area contributed by atoms with Crippen LogP contribution >= 0.6 is 0 Å². The smallest absolute Gasteiger partial charge is 0.225 e. The van der Waals surface area contributed by atoms with Gasteiger partial charge in [0.15, 0.2) is 0 Å². The highest BCUT2D eigenvalue weighted by Crippen LogP contribution is 2.47. The zero-order valence-electron chi connectivity index (χ0n) is 15.3. The zero-order valence-corrected chi connectivity index (χ0v) is 15.3. The van der Waals surface area contributed by atoms with Crippen molar-refractivity contribution in [3.05, 3.63) is 35.9 Å².